The number of thiophene rings is 1. The number of benzene rings is 3. The van der Waals surface area contributed by atoms with Gasteiger partial charge in [0, 0.05) is 12.5 Å². The second-order valence-corrected chi connectivity index (χ2v) is 10.3. The predicted octanol–water partition coefficient (Wildman–Crippen LogP) is 8.67. The van der Waals surface area contributed by atoms with E-state index in [0.717, 1.165) is 61.2 Å². The molecule has 0 aliphatic heterocycles. The molecule has 0 amide bonds. The van der Waals surface area contributed by atoms with E-state index in [4.69, 9.17) is 14.2 Å². The second kappa shape index (κ2) is 15.7. The highest BCUT2D eigenvalue weighted by Crippen LogP contribution is 2.32. The third kappa shape index (κ3) is 9.60. The van der Waals surface area contributed by atoms with Crippen molar-refractivity contribution in [2.75, 3.05) is 13.2 Å². The van der Waals surface area contributed by atoms with Gasteiger partial charge in [0.05, 0.1) is 13.2 Å². The number of hydrogen-bond acceptors (Lipinski definition) is 5. The molecule has 0 spiro atoms. The molecule has 0 N–H and O–H groups in total. The van der Waals surface area contributed by atoms with E-state index in [-0.39, 0.29) is 5.97 Å². The molecule has 0 atom stereocenters. The summed E-state index contributed by atoms with van der Waals surface area (Å²) in [5.41, 5.74) is 6.02. The molecule has 0 aliphatic rings. The van der Waals surface area contributed by atoms with Gasteiger partial charge in [-0.3, -0.25) is 4.79 Å². The number of esters is 1. The topological polar surface area (TPSA) is 44.8 Å². The molecule has 0 bridgehead atoms. The Hall–Kier alpha value is -3.57. The Kier molecular flexibility index (Phi) is 11.5. The first-order valence-corrected chi connectivity index (χ1v) is 14.8. The molecule has 0 saturated carbocycles. The molecule has 39 heavy (non-hydrogen) atoms. The van der Waals surface area contributed by atoms with Crippen molar-refractivity contribution in [3.8, 4) is 22.6 Å². The fourth-order valence-corrected chi connectivity index (χ4v) is 5.22. The Bertz CT molecular complexity index is 1270. The number of unbranched alkanes of at least 4 members (excludes halogenated alkanes) is 3. The summed E-state index contributed by atoms with van der Waals surface area (Å²) in [5.74, 6) is 1.54. The molecule has 5 heteroatoms. The van der Waals surface area contributed by atoms with Gasteiger partial charge in [-0.1, -0.05) is 67.4 Å². The Morgan fingerprint density at radius 2 is 1.46 bits per heavy atom. The summed E-state index contributed by atoms with van der Waals surface area (Å²) in [7, 11) is 0. The summed E-state index contributed by atoms with van der Waals surface area (Å²) >= 11 is 1.69. The molecule has 1 aromatic heterocycles. The van der Waals surface area contributed by atoms with Gasteiger partial charge in [-0.15, -0.1) is 0 Å². The van der Waals surface area contributed by atoms with E-state index in [2.05, 4.69) is 59.3 Å². The van der Waals surface area contributed by atoms with Gasteiger partial charge in [-0.25, -0.2) is 0 Å². The van der Waals surface area contributed by atoms with Crippen molar-refractivity contribution in [1.29, 1.82) is 0 Å². The number of hydrogen-bond donors (Lipinski definition) is 0. The van der Waals surface area contributed by atoms with E-state index in [1.807, 2.05) is 37.3 Å². The average Bonchev–Trinajstić information content (AvgIpc) is 3.51. The van der Waals surface area contributed by atoms with Crippen LogP contribution in [0.2, 0.25) is 0 Å². The maximum atomic E-state index is 11.7. The van der Waals surface area contributed by atoms with Crippen LogP contribution in [0.5, 0.6) is 11.5 Å². The Labute approximate surface area is 236 Å². The molecule has 4 rings (SSSR count). The van der Waals surface area contributed by atoms with E-state index in [1.54, 1.807) is 11.3 Å². The third-order valence-corrected chi connectivity index (χ3v) is 7.30. The van der Waals surface area contributed by atoms with Gasteiger partial charge in [0.25, 0.3) is 0 Å². The van der Waals surface area contributed by atoms with Gasteiger partial charge in [0.1, 0.15) is 18.1 Å². The first-order valence-electron chi connectivity index (χ1n) is 13.9. The molecule has 1 heterocycles. The SMILES string of the molecule is CCOC(=O)CCc1ccccc1CCCCCCOc1cc(OCc2ccccc2)cc(-c2ccsc2)c1. The molecule has 4 nitrogen and oxygen atoms in total. The first kappa shape index (κ1) is 28.4. The number of rotatable bonds is 16. The van der Waals surface area contributed by atoms with Crippen molar-refractivity contribution in [2.45, 2.75) is 58.5 Å². The number of carbonyl (C=O) groups is 1. The zero-order valence-electron chi connectivity index (χ0n) is 22.8. The quantitative estimate of drug-likeness (QED) is 0.105. The molecule has 4 aromatic rings. The van der Waals surface area contributed by atoms with Crippen molar-refractivity contribution in [3.63, 3.8) is 0 Å². The summed E-state index contributed by atoms with van der Waals surface area (Å²) in [5, 5.41) is 4.24. The second-order valence-electron chi connectivity index (χ2n) is 9.57. The minimum Gasteiger partial charge on any atom is -0.493 e. The Morgan fingerprint density at radius 1 is 0.744 bits per heavy atom. The Balaban J connectivity index is 1.22. The summed E-state index contributed by atoms with van der Waals surface area (Å²) < 4.78 is 17.4. The lowest BCUT2D eigenvalue weighted by Gasteiger charge is -2.13. The van der Waals surface area contributed by atoms with Gasteiger partial charge in [-0.05, 0) is 89.4 Å². The molecule has 0 saturated heterocycles. The van der Waals surface area contributed by atoms with Gasteiger partial charge < -0.3 is 14.2 Å². The zero-order valence-corrected chi connectivity index (χ0v) is 23.6. The van der Waals surface area contributed by atoms with Crippen molar-refractivity contribution < 1.29 is 19.0 Å². The highest BCUT2D eigenvalue weighted by atomic mass is 32.1. The van der Waals surface area contributed by atoms with Crippen molar-refractivity contribution >= 4 is 17.3 Å². The largest absolute Gasteiger partial charge is 0.493 e. The van der Waals surface area contributed by atoms with Crippen molar-refractivity contribution in [2.24, 2.45) is 0 Å². The predicted molar refractivity (Wildman–Crippen MR) is 160 cm³/mol. The minimum atomic E-state index is -0.122. The number of ether oxygens (including phenoxy) is 3. The van der Waals surface area contributed by atoms with Crippen LogP contribution < -0.4 is 9.47 Å². The van der Waals surface area contributed by atoms with E-state index < -0.39 is 0 Å². The van der Waals surface area contributed by atoms with Crippen LogP contribution in [0.15, 0.2) is 89.6 Å². The maximum absolute atomic E-state index is 11.7. The van der Waals surface area contributed by atoms with Gasteiger partial charge in [0.2, 0.25) is 0 Å². The standard InChI is InChI=1S/C34H38O4S/c1-2-36-34(35)18-17-29-16-10-9-15-28(29)14-8-3-4-11-20-37-32-22-31(30-19-21-39-26-30)23-33(24-32)38-25-27-12-6-5-7-13-27/h5-7,9-10,12-13,15-16,19,21-24,26H,2-4,8,11,14,17-18,20,25H2,1H3. The summed E-state index contributed by atoms with van der Waals surface area (Å²) in [6.45, 7) is 3.49. The van der Waals surface area contributed by atoms with E-state index in [1.165, 1.54) is 16.7 Å². The molecule has 0 unspecified atom stereocenters. The molecular formula is C34H38O4S. The monoisotopic (exact) mass is 542 g/mol. The number of aryl methyl sites for hydroxylation is 2. The van der Waals surface area contributed by atoms with Crippen LogP contribution in [0.1, 0.15) is 55.7 Å². The van der Waals surface area contributed by atoms with E-state index in [9.17, 15) is 4.79 Å². The van der Waals surface area contributed by atoms with Gasteiger partial charge >= 0.3 is 5.97 Å². The molecule has 204 valence electrons. The normalized spacial score (nSPS) is 10.8. The lowest BCUT2D eigenvalue weighted by molar-refractivity contribution is -0.143. The molecular weight excluding hydrogens is 504 g/mol. The van der Waals surface area contributed by atoms with Crippen LogP contribution in [0, 0.1) is 0 Å². The average molecular weight is 543 g/mol. The fraction of sp³-hybridized carbons (Fsp3) is 0.324. The lowest BCUT2D eigenvalue weighted by Crippen LogP contribution is -2.06. The lowest BCUT2D eigenvalue weighted by atomic mass is 9.98. The highest BCUT2D eigenvalue weighted by molar-refractivity contribution is 7.08. The van der Waals surface area contributed by atoms with Crippen LogP contribution in [0.3, 0.4) is 0 Å². The van der Waals surface area contributed by atoms with Crippen LogP contribution in [-0.2, 0) is 29.0 Å². The highest BCUT2D eigenvalue weighted by Gasteiger charge is 2.08. The van der Waals surface area contributed by atoms with Crippen LogP contribution >= 0.6 is 11.3 Å². The van der Waals surface area contributed by atoms with Crippen molar-refractivity contribution in [3.05, 3.63) is 106 Å². The maximum Gasteiger partial charge on any atom is 0.306 e. The Morgan fingerprint density at radius 3 is 2.21 bits per heavy atom. The van der Waals surface area contributed by atoms with Crippen LogP contribution in [0.4, 0.5) is 0 Å². The van der Waals surface area contributed by atoms with Crippen LogP contribution in [-0.4, -0.2) is 19.2 Å². The molecule has 3 aromatic carbocycles. The van der Waals surface area contributed by atoms with Gasteiger partial charge in [-0.2, -0.15) is 11.3 Å². The smallest absolute Gasteiger partial charge is 0.306 e. The summed E-state index contributed by atoms with van der Waals surface area (Å²) in [6.07, 6.45) is 6.61. The van der Waals surface area contributed by atoms with Crippen molar-refractivity contribution in [1.82, 2.24) is 0 Å². The molecule has 0 radical (unpaired) electrons. The van der Waals surface area contributed by atoms with Crippen LogP contribution in [0.25, 0.3) is 11.1 Å². The molecule has 0 aliphatic carbocycles. The molecule has 0 fully saturated rings. The zero-order chi connectivity index (χ0) is 27.1. The summed E-state index contributed by atoms with van der Waals surface area (Å²) in [4.78, 5) is 11.7. The summed E-state index contributed by atoms with van der Waals surface area (Å²) in [6, 6.07) is 27.0. The minimum absolute atomic E-state index is 0.122. The van der Waals surface area contributed by atoms with E-state index in [0.29, 0.717) is 26.2 Å². The van der Waals surface area contributed by atoms with Gasteiger partial charge in [0.15, 0.2) is 0 Å². The van der Waals surface area contributed by atoms with E-state index >= 15 is 0 Å². The number of carbonyl (C=O) groups excluding carboxylic acids is 1. The third-order valence-electron chi connectivity index (χ3n) is 6.61. The first-order chi connectivity index (χ1) is 19.2. The fourth-order valence-electron chi connectivity index (χ4n) is 4.55.